The molecule has 2 N–H and O–H groups in total. The van der Waals surface area contributed by atoms with Gasteiger partial charge in [0.25, 0.3) is 5.91 Å². The third-order valence-electron chi connectivity index (χ3n) is 17.7. The number of benzene rings is 5. The third-order valence-corrected chi connectivity index (χ3v) is 21.3. The smallest absolute Gasteiger partial charge is 0.748 e. The minimum atomic E-state index is -4.86. The molecule has 30 heteroatoms. The van der Waals surface area contributed by atoms with Gasteiger partial charge in [-0.1, -0.05) is 31.5 Å². The van der Waals surface area contributed by atoms with Gasteiger partial charge in [-0.15, -0.1) is 0 Å². The molecule has 22 nitrogen and oxygen atoms in total. The Morgan fingerprint density at radius 1 is 0.646 bits per heavy atom. The number of anilines is 1. The second-order valence-electron chi connectivity index (χ2n) is 25.0. The summed E-state index contributed by atoms with van der Waals surface area (Å²) in [7, 11) is -17.5. The molecule has 0 atom stereocenters. The van der Waals surface area contributed by atoms with E-state index in [1.54, 1.807) is 61.1 Å². The molecule has 6 aromatic rings. The number of rotatable bonds is 28. The standard InChI is InChI=1S/C69H78ClN5O17S4.3Na/c1-45-55(56-41-51(91-6)26-31-59(56)75(45)67(78)48-18-22-49(70)23-19-48)44-65(77)72-37-10-9-36-71-64(76)17-8-7-11-38-73-60-32-29-53(95(85,86)87)42-57(60)68(2,3)62(73)34-20-46-15-14-16-47(66(46)92-50-24-27-52(28-25-50)94(82,83)84)21-35-63-69(4,5)58-43-54(96(88,89)90)30-33-61(58)74(63)39-12-13-40-93(79,80)81;;;/h18-35,41-43H,7-17,36-40,44H2,1-6H3,(H5-,71,72,76,77,79,80,81,82,83,84,85,86,87,88,89,90);;;/q;3*+1/p-3. The first-order valence-electron chi connectivity index (χ1n) is 31.3. The summed E-state index contributed by atoms with van der Waals surface area (Å²) in [4.78, 5) is 40.8. The van der Waals surface area contributed by atoms with Crippen LogP contribution in [0.15, 0.2) is 165 Å². The monoisotopic (exact) mass is 1480 g/mol. The van der Waals surface area contributed by atoms with Crippen molar-refractivity contribution in [3.8, 4) is 11.5 Å². The van der Waals surface area contributed by atoms with Crippen LogP contribution in [0.1, 0.15) is 131 Å². The van der Waals surface area contributed by atoms with Crippen LogP contribution in [-0.2, 0) is 67.3 Å². The Morgan fingerprint density at radius 2 is 1.25 bits per heavy atom. The van der Waals surface area contributed by atoms with E-state index in [1.165, 1.54) is 42.5 Å². The molecule has 512 valence electrons. The predicted octanol–water partition coefficient (Wildman–Crippen LogP) is 1.22. The summed E-state index contributed by atoms with van der Waals surface area (Å²) in [5.41, 5.74) is 5.72. The van der Waals surface area contributed by atoms with E-state index in [1.807, 2.05) is 63.0 Å². The van der Waals surface area contributed by atoms with Crippen molar-refractivity contribution < 1.29 is 169 Å². The van der Waals surface area contributed by atoms with Gasteiger partial charge in [0.2, 0.25) is 17.5 Å². The van der Waals surface area contributed by atoms with E-state index in [0.717, 1.165) is 23.2 Å². The summed E-state index contributed by atoms with van der Waals surface area (Å²) in [6.07, 6.45) is 12.6. The van der Waals surface area contributed by atoms with Crippen LogP contribution in [0, 0.1) is 6.92 Å². The van der Waals surface area contributed by atoms with Gasteiger partial charge >= 0.3 is 88.7 Å². The number of fused-ring (bicyclic) bond motifs is 3. The third kappa shape index (κ3) is 20.3. The van der Waals surface area contributed by atoms with Gasteiger partial charge in [-0.25, -0.2) is 33.7 Å². The van der Waals surface area contributed by atoms with Gasteiger partial charge in [-0.2, -0.15) is 4.58 Å². The van der Waals surface area contributed by atoms with Crippen LogP contribution in [0.3, 0.4) is 0 Å². The van der Waals surface area contributed by atoms with Gasteiger partial charge in [0.05, 0.1) is 49.3 Å². The van der Waals surface area contributed by atoms with Crippen molar-refractivity contribution in [1.29, 1.82) is 0 Å². The summed E-state index contributed by atoms with van der Waals surface area (Å²) >= 11 is 6.09. The quantitative estimate of drug-likeness (QED) is 0.0302. The Kier molecular flexibility index (Phi) is 29.1. The Balaban J connectivity index is 0.00000515. The average Bonchev–Trinajstić information content (AvgIpc) is 1.60. The number of hydrogen-bond acceptors (Lipinski definition) is 18. The number of amides is 2. The van der Waals surface area contributed by atoms with Gasteiger partial charge in [0, 0.05) is 94.4 Å². The Hall–Kier alpha value is -4.79. The average molecular weight is 1480 g/mol. The van der Waals surface area contributed by atoms with Crippen LogP contribution in [0.5, 0.6) is 11.5 Å². The number of aromatic nitrogens is 1. The van der Waals surface area contributed by atoms with Gasteiger partial charge in [0.1, 0.15) is 54.2 Å². The molecule has 0 spiro atoms. The van der Waals surface area contributed by atoms with E-state index < -0.39 is 71.7 Å². The summed E-state index contributed by atoms with van der Waals surface area (Å²) in [5, 5.41) is 7.16. The number of halogens is 1. The largest absolute Gasteiger partial charge is 1.00 e. The van der Waals surface area contributed by atoms with Crippen LogP contribution in [0.2, 0.25) is 5.02 Å². The normalized spacial score (nSPS) is 15.9. The second kappa shape index (κ2) is 34.7. The molecule has 3 aliphatic rings. The van der Waals surface area contributed by atoms with Gasteiger partial charge in [0.15, 0.2) is 5.71 Å². The first-order chi connectivity index (χ1) is 45.2. The van der Waals surface area contributed by atoms with E-state index in [2.05, 4.69) is 15.2 Å². The number of nitrogens with zero attached hydrogens (tertiary/aromatic N) is 3. The molecule has 0 bridgehead atoms. The molecule has 5 aromatic carbocycles. The SMILES string of the molecule is COc1ccc2c(c1)c(CC(=O)NCCCCNC(=O)CCCCC[N+]1=C(/C=C/C3=C(Oc4ccc(S(=O)(=O)[O-])cc4)C(=C/C=C4/N(CCCCS(=O)(=O)[O-])c5ccc(S(=O)(=O)[O-])cc5C4(C)C)/CCC3)C(C)(C)c3cc(S(=O)(=O)[O-])ccc31)c(C)n2C(=O)c1ccc(Cl)cc1.[Na+].[Na+].[Na+]. The minimum Gasteiger partial charge on any atom is -0.748 e. The van der Waals surface area contributed by atoms with Crippen LogP contribution in [0.25, 0.3) is 10.9 Å². The van der Waals surface area contributed by atoms with Crippen LogP contribution in [-0.4, -0.2) is 123 Å². The summed E-state index contributed by atoms with van der Waals surface area (Å²) < 4.78 is 160. The number of unbranched alkanes of at least 4 members (excludes halogenated alkanes) is 4. The molecule has 1 aromatic heterocycles. The number of methoxy groups -OCH3 is 1. The molecule has 0 radical (unpaired) electrons. The topological polar surface area (TPSA) is 334 Å². The van der Waals surface area contributed by atoms with Crippen molar-refractivity contribution in [2.45, 2.75) is 137 Å². The number of carbonyl (C=O) groups is 3. The van der Waals surface area contributed by atoms with Crippen molar-refractivity contribution in [3.63, 3.8) is 0 Å². The molecular formula is C69H75ClN5Na3O17S4. The van der Waals surface area contributed by atoms with Gasteiger partial charge < -0.3 is 43.2 Å². The molecule has 2 amide bonds. The van der Waals surface area contributed by atoms with Crippen molar-refractivity contribution in [2.75, 3.05) is 43.9 Å². The maximum Gasteiger partial charge on any atom is 1.00 e. The molecule has 1 aliphatic carbocycles. The number of carbonyl (C=O) groups excluding carboxylic acids is 3. The Morgan fingerprint density at radius 3 is 1.88 bits per heavy atom. The first kappa shape index (κ1) is 83.2. The fourth-order valence-electron chi connectivity index (χ4n) is 12.7. The van der Waals surface area contributed by atoms with Crippen molar-refractivity contribution >= 4 is 97.8 Å². The fraction of sp³-hybridized carbons (Fsp3) is 0.362. The number of ether oxygens (including phenoxy) is 2. The van der Waals surface area contributed by atoms with Crippen molar-refractivity contribution in [1.82, 2.24) is 15.2 Å². The zero-order valence-corrected chi connectivity index (χ0v) is 67.0. The minimum absolute atomic E-state index is 0. The number of nitrogens with one attached hydrogen (secondary N) is 2. The zero-order chi connectivity index (χ0) is 69.7. The Bertz CT molecular complexity index is 4690. The molecule has 0 saturated carbocycles. The molecule has 9 rings (SSSR count). The fourth-order valence-corrected chi connectivity index (χ4v) is 14.8. The Labute approximate surface area is 650 Å². The molecule has 3 heterocycles. The second-order valence-corrected chi connectivity index (χ2v) is 31.1. The van der Waals surface area contributed by atoms with Crippen LogP contribution < -0.4 is 114 Å². The molecule has 2 aliphatic heterocycles. The maximum absolute atomic E-state index is 13.7. The van der Waals surface area contributed by atoms with Crippen LogP contribution in [0.4, 0.5) is 11.4 Å². The molecular weight excluding hydrogens is 1400 g/mol. The van der Waals surface area contributed by atoms with Gasteiger partial charge in [-0.05, 0) is 210 Å². The summed E-state index contributed by atoms with van der Waals surface area (Å²) in [5.74, 6) is -0.0555. The van der Waals surface area contributed by atoms with E-state index in [4.69, 9.17) is 21.1 Å². The van der Waals surface area contributed by atoms with Crippen molar-refractivity contribution in [2.24, 2.45) is 0 Å². The summed E-state index contributed by atoms with van der Waals surface area (Å²) in [6, 6.07) is 25.3. The van der Waals surface area contributed by atoms with Crippen molar-refractivity contribution in [3.05, 3.63) is 183 Å². The molecule has 99 heavy (non-hydrogen) atoms. The van der Waals surface area contributed by atoms with Crippen LogP contribution >= 0.6 is 11.6 Å². The van der Waals surface area contributed by atoms with E-state index >= 15 is 0 Å². The first-order valence-corrected chi connectivity index (χ1v) is 37.5. The zero-order valence-electron chi connectivity index (χ0n) is 56.9. The molecule has 0 unspecified atom stereocenters. The number of hydrogen-bond donors (Lipinski definition) is 2. The van der Waals surface area contributed by atoms with E-state index in [9.17, 15) is 66.3 Å². The molecule has 0 fully saturated rings. The predicted molar refractivity (Wildman–Crippen MR) is 359 cm³/mol. The van der Waals surface area contributed by atoms with E-state index in [0.29, 0.717) is 149 Å². The van der Waals surface area contributed by atoms with E-state index in [-0.39, 0.29) is 144 Å². The summed E-state index contributed by atoms with van der Waals surface area (Å²) in [6.45, 7) is 10.7. The molecule has 0 saturated heterocycles. The maximum atomic E-state index is 13.7. The van der Waals surface area contributed by atoms with Gasteiger partial charge in [-0.3, -0.25) is 19.0 Å². The number of allylic oxidation sites excluding steroid dienone is 7.